The molecule has 0 radical (unpaired) electrons. The summed E-state index contributed by atoms with van der Waals surface area (Å²) in [6, 6.07) is 10.7. The van der Waals surface area contributed by atoms with Crippen LogP contribution in [0.25, 0.3) is 0 Å². The highest BCUT2D eigenvalue weighted by molar-refractivity contribution is 5.91. The zero-order valence-corrected chi connectivity index (χ0v) is 14.5. The summed E-state index contributed by atoms with van der Waals surface area (Å²) >= 11 is 0. The van der Waals surface area contributed by atoms with E-state index in [1.807, 2.05) is 24.3 Å². The van der Waals surface area contributed by atoms with Crippen molar-refractivity contribution in [2.24, 2.45) is 0 Å². The molecule has 5 nitrogen and oxygen atoms in total. The number of anilines is 2. The molecule has 0 heterocycles. The maximum atomic E-state index is 11.2. The summed E-state index contributed by atoms with van der Waals surface area (Å²) in [7, 11) is 0. The monoisotopic (exact) mass is 328 g/mol. The fraction of sp³-hybridized carbons (Fsp3) is 0.316. The van der Waals surface area contributed by atoms with E-state index in [4.69, 9.17) is 10.5 Å². The second-order valence-corrected chi connectivity index (χ2v) is 6.45. The average Bonchev–Trinajstić information content (AvgIpc) is 2.52. The highest BCUT2D eigenvalue weighted by atomic mass is 16.5. The van der Waals surface area contributed by atoms with Crippen molar-refractivity contribution in [3.05, 3.63) is 42.0 Å². The Morgan fingerprint density at radius 2 is 1.88 bits per heavy atom. The molecular formula is C19H24N2O3. The lowest BCUT2D eigenvalue weighted by Gasteiger charge is -2.23. The Morgan fingerprint density at radius 3 is 2.42 bits per heavy atom. The third kappa shape index (κ3) is 3.98. The summed E-state index contributed by atoms with van der Waals surface area (Å²) in [5, 5.41) is 12.4. The van der Waals surface area contributed by atoms with Crippen molar-refractivity contribution < 1.29 is 14.6 Å². The zero-order chi connectivity index (χ0) is 17.9. The number of aromatic hydroxyl groups is 1. The number of rotatable bonds is 5. The standard InChI is InChI=1S/C19H24N2O3/c1-5-19(3,4)13-6-8-14(9-7-13)24-18-11-16(21-12(2)22)17(23)10-15(18)20/h6-11,23H,5,20H2,1-4H3,(H,21,22). The molecule has 0 unspecified atom stereocenters. The van der Waals surface area contributed by atoms with E-state index in [0.29, 0.717) is 17.2 Å². The molecule has 1 amide bonds. The van der Waals surface area contributed by atoms with Gasteiger partial charge in [0, 0.05) is 19.1 Å². The normalized spacial score (nSPS) is 11.2. The number of nitrogens with two attached hydrogens (primary N) is 1. The van der Waals surface area contributed by atoms with Gasteiger partial charge in [-0.25, -0.2) is 0 Å². The minimum Gasteiger partial charge on any atom is -0.506 e. The number of benzene rings is 2. The SMILES string of the molecule is CCC(C)(C)c1ccc(Oc2cc(NC(C)=O)c(O)cc2N)cc1. The molecule has 0 aliphatic heterocycles. The third-order valence-corrected chi connectivity index (χ3v) is 4.19. The van der Waals surface area contributed by atoms with Crippen molar-refractivity contribution in [1.82, 2.24) is 0 Å². The third-order valence-electron chi connectivity index (χ3n) is 4.19. The van der Waals surface area contributed by atoms with Gasteiger partial charge in [-0.15, -0.1) is 0 Å². The number of nitrogen functional groups attached to an aromatic ring is 1. The first-order chi connectivity index (χ1) is 11.2. The Hall–Kier alpha value is -2.69. The van der Waals surface area contributed by atoms with Gasteiger partial charge in [-0.3, -0.25) is 4.79 Å². The van der Waals surface area contributed by atoms with Gasteiger partial charge in [0.1, 0.15) is 11.5 Å². The molecule has 2 rings (SSSR count). The maximum Gasteiger partial charge on any atom is 0.221 e. The van der Waals surface area contributed by atoms with E-state index in [2.05, 4.69) is 26.1 Å². The van der Waals surface area contributed by atoms with Crippen molar-refractivity contribution in [2.45, 2.75) is 39.5 Å². The molecule has 5 heteroatoms. The van der Waals surface area contributed by atoms with Crippen LogP contribution in [-0.2, 0) is 10.2 Å². The lowest BCUT2D eigenvalue weighted by molar-refractivity contribution is -0.114. The van der Waals surface area contributed by atoms with Gasteiger partial charge in [-0.05, 0) is 29.5 Å². The van der Waals surface area contributed by atoms with Gasteiger partial charge in [-0.1, -0.05) is 32.9 Å². The van der Waals surface area contributed by atoms with E-state index >= 15 is 0 Å². The van der Waals surface area contributed by atoms with E-state index in [0.717, 1.165) is 6.42 Å². The van der Waals surface area contributed by atoms with Crippen LogP contribution in [0.1, 0.15) is 39.7 Å². The van der Waals surface area contributed by atoms with E-state index < -0.39 is 0 Å². The van der Waals surface area contributed by atoms with Gasteiger partial charge in [0.2, 0.25) is 5.91 Å². The smallest absolute Gasteiger partial charge is 0.221 e. The molecule has 0 spiro atoms. The lowest BCUT2D eigenvalue weighted by atomic mass is 9.82. The van der Waals surface area contributed by atoms with Crippen LogP contribution >= 0.6 is 0 Å². The quantitative estimate of drug-likeness (QED) is 0.560. The topological polar surface area (TPSA) is 84.6 Å². The number of amides is 1. The number of nitrogens with one attached hydrogen (secondary N) is 1. The van der Waals surface area contributed by atoms with E-state index in [-0.39, 0.29) is 22.8 Å². The van der Waals surface area contributed by atoms with Crippen LogP contribution < -0.4 is 15.8 Å². The molecular weight excluding hydrogens is 304 g/mol. The van der Waals surface area contributed by atoms with Crippen molar-refractivity contribution in [2.75, 3.05) is 11.1 Å². The molecule has 0 saturated carbocycles. The van der Waals surface area contributed by atoms with Gasteiger partial charge < -0.3 is 20.9 Å². The van der Waals surface area contributed by atoms with Crippen molar-refractivity contribution in [3.8, 4) is 17.2 Å². The highest BCUT2D eigenvalue weighted by Gasteiger charge is 2.18. The van der Waals surface area contributed by atoms with Crippen LogP contribution in [0.15, 0.2) is 36.4 Å². The van der Waals surface area contributed by atoms with Crippen molar-refractivity contribution in [3.63, 3.8) is 0 Å². The molecule has 2 aromatic carbocycles. The number of carbonyl (C=O) groups excluding carboxylic acids is 1. The summed E-state index contributed by atoms with van der Waals surface area (Å²) in [6.45, 7) is 7.91. The summed E-state index contributed by atoms with van der Waals surface area (Å²) in [5.41, 5.74) is 7.78. The van der Waals surface area contributed by atoms with Gasteiger partial charge in [0.15, 0.2) is 5.75 Å². The van der Waals surface area contributed by atoms with Gasteiger partial charge in [0.25, 0.3) is 0 Å². The zero-order valence-electron chi connectivity index (χ0n) is 14.5. The Bertz CT molecular complexity index is 737. The molecule has 0 aliphatic rings. The van der Waals surface area contributed by atoms with E-state index in [1.165, 1.54) is 24.6 Å². The van der Waals surface area contributed by atoms with Crippen LogP contribution in [-0.4, -0.2) is 11.0 Å². The van der Waals surface area contributed by atoms with Gasteiger partial charge >= 0.3 is 0 Å². The number of phenolic OH excluding ortho intramolecular Hbond substituents is 1. The molecule has 24 heavy (non-hydrogen) atoms. The first-order valence-electron chi connectivity index (χ1n) is 7.91. The van der Waals surface area contributed by atoms with Crippen LogP contribution in [0, 0.1) is 0 Å². The molecule has 4 N–H and O–H groups in total. The van der Waals surface area contributed by atoms with E-state index in [1.54, 1.807) is 0 Å². The Kier molecular flexibility index (Phi) is 5.02. The first-order valence-corrected chi connectivity index (χ1v) is 7.91. The Balaban J connectivity index is 2.26. The largest absolute Gasteiger partial charge is 0.506 e. The number of ether oxygens (including phenoxy) is 1. The second-order valence-electron chi connectivity index (χ2n) is 6.45. The minimum atomic E-state index is -0.285. The van der Waals surface area contributed by atoms with Crippen LogP contribution in [0.5, 0.6) is 17.2 Å². The summed E-state index contributed by atoms with van der Waals surface area (Å²) in [6.07, 6.45) is 1.04. The van der Waals surface area contributed by atoms with Crippen molar-refractivity contribution >= 4 is 17.3 Å². The average molecular weight is 328 g/mol. The Morgan fingerprint density at radius 1 is 1.25 bits per heavy atom. The predicted molar refractivity (Wildman–Crippen MR) is 96.7 cm³/mol. The molecule has 2 aromatic rings. The highest BCUT2D eigenvalue weighted by Crippen LogP contribution is 2.37. The number of carbonyl (C=O) groups is 1. The molecule has 0 aliphatic carbocycles. The fourth-order valence-corrected chi connectivity index (χ4v) is 2.27. The second kappa shape index (κ2) is 6.83. The van der Waals surface area contributed by atoms with Crippen LogP contribution in [0.2, 0.25) is 0 Å². The van der Waals surface area contributed by atoms with Crippen LogP contribution in [0.3, 0.4) is 0 Å². The minimum absolute atomic E-state index is 0.102. The Labute approximate surface area is 142 Å². The van der Waals surface area contributed by atoms with Gasteiger partial charge in [-0.2, -0.15) is 0 Å². The lowest BCUT2D eigenvalue weighted by Crippen LogP contribution is -2.14. The summed E-state index contributed by atoms with van der Waals surface area (Å²) in [5.74, 6) is 0.623. The molecule has 0 aromatic heterocycles. The number of phenols is 1. The summed E-state index contributed by atoms with van der Waals surface area (Å²) < 4.78 is 5.80. The number of hydrogen-bond donors (Lipinski definition) is 3. The van der Waals surface area contributed by atoms with Crippen molar-refractivity contribution in [1.29, 1.82) is 0 Å². The van der Waals surface area contributed by atoms with Gasteiger partial charge in [0.05, 0.1) is 11.4 Å². The maximum absolute atomic E-state index is 11.2. The summed E-state index contributed by atoms with van der Waals surface area (Å²) in [4.78, 5) is 11.2. The fourth-order valence-electron chi connectivity index (χ4n) is 2.27. The molecule has 0 saturated heterocycles. The van der Waals surface area contributed by atoms with Crippen LogP contribution in [0.4, 0.5) is 11.4 Å². The molecule has 0 fully saturated rings. The van der Waals surface area contributed by atoms with E-state index in [9.17, 15) is 9.90 Å². The molecule has 0 atom stereocenters. The first kappa shape index (κ1) is 17.7. The molecule has 128 valence electrons. The molecule has 0 bridgehead atoms. The predicted octanol–water partition coefficient (Wildman–Crippen LogP) is 4.41. The number of hydrogen-bond acceptors (Lipinski definition) is 4.